The zero-order chi connectivity index (χ0) is 16.4. The molecule has 0 atom stereocenters. The molecule has 0 spiro atoms. The number of rotatable bonds is 5. The molecular formula is C19H21NO3. The number of ether oxygens (including phenoxy) is 2. The molecule has 1 aliphatic carbocycles. The zero-order valence-corrected chi connectivity index (χ0v) is 13.7. The van der Waals surface area contributed by atoms with Crippen LogP contribution in [0.4, 0.5) is 5.69 Å². The van der Waals surface area contributed by atoms with E-state index in [2.05, 4.69) is 5.32 Å². The van der Waals surface area contributed by atoms with Crippen LogP contribution in [0.15, 0.2) is 42.5 Å². The Bertz CT molecular complexity index is 735. The fraction of sp³-hybridized carbons (Fsp3) is 0.316. The molecule has 4 nitrogen and oxygen atoms in total. The molecule has 0 radical (unpaired) electrons. The standard InChI is InChI=1S/C19H21NO3/c1-13-6-4-5-7-15(13)20-18(21)19(10-11-19)14-8-9-16(22-2)17(12-14)23-3/h4-9,12H,10-11H2,1-3H3,(H,20,21). The van der Waals surface area contributed by atoms with E-state index < -0.39 is 5.41 Å². The maximum atomic E-state index is 12.8. The molecule has 2 aromatic rings. The van der Waals surface area contributed by atoms with E-state index in [-0.39, 0.29) is 5.91 Å². The van der Waals surface area contributed by atoms with Gasteiger partial charge in [-0.05, 0) is 49.1 Å². The van der Waals surface area contributed by atoms with Crippen molar-refractivity contribution < 1.29 is 14.3 Å². The largest absolute Gasteiger partial charge is 0.493 e. The molecule has 0 saturated heterocycles. The van der Waals surface area contributed by atoms with Crippen LogP contribution in [0, 0.1) is 6.92 Å². The average Bonchev–Trinajstić information content (AvgIpc) is 3.38. The number of hydrogen-bond donors (Lipinski definition) is 1. The van der Waals surface area contributed by atoms with Crippen molar-refractivity contribution >= 4 is 11.6 Å². The van der Waals surface area contributed by atoms with Gasteiger partial charge in [0, 0.05) is 5.69 Å². The first kappa shape index (κ1) is 15.4. The minimum absolute atomic E-state index is 0.0408. The SMILES string of the molecule is COc1ccc(C2(C(=O)Nc3ccccc3C)CC2)cc1OC. The fourth-order valence-electron chi connectivity index (χ4n) is 2.86. The number of nitrogens with one attached hydrogen (secondary N) is 1. The van der Waals surface area contributed by atoms with Gasteiger partial charge in [0.15, 0.2) is 11.5 Å². The molecule has 0 heterocycles. The van der Waals surface area contributed by atoms with Gasteiger partial charge in [0.05, 0.1) is 19.6 Å². The van der Waals surface area contributed by atoms with Gasteiger partial charge in [0.2, 0.25) is 5.91 Å². The van der Waals surface area contributed by atoms with Crippen LogP contribution in [0.3, 0.4) is 0 Å². The van der Waals surface area contributed by atoms with E-state index >= 15 is 0 Å². The Labute approximate surface area is 136 Å². The summed E-state index contributed by atoms with van der Waals surface area (Å²) in [6.45, 7) is 1.99. The van der Waals surface area contributed by atoms with Crippen molar-refractivity contribution in [3.8, 4) is 11.5 Å². The summed E-state index contributed by atoms with van der Waals surface area (Å²) in [4.78, 5) is 12.8. The Kier molecular flexibility index (Phi) is 3.99. The van der Waals surface area contributed by atoms with Crippen LogP contribution in [-0.4, -0.2) is 20.1 Å². The van der Waals surface area contributed by atoms with E-state index in [1.54, 1.807) is 14.2 Å². The zero-order valence-electron chi connectivity index (χ0n) is 13.7. The lowest BCUT2D eigenvalue weighted by Gasteiger charge is -2.18. The molecule has 23 heavy (non-hydrogen) atoms. The highest BCUT2D eigenvalue weighted by Gasteiger charge is 2.51. The molecule has 1 N–H and O–H groups in total. The van der Waals surface area contributed by atoms with Crippen molar-refractivity contribution in [2.45, 2.75) is 25.2 Å². The first-order valence-electron chi connectivity index (χ1n) is 7.70. The first-order chi connectivity index (χ1) is 11.1. The minimum atomic E-state index is -0.457. The van der Waals surface area contributed by atoms with Crippen molar-refractivity contribution in [3.63, 3.8) is 0 Å². The van der Waals surface area contributed by atoms with Gasteiger partial charge in [-0.3, -0.25) is 4.79 Å². The molecule has 4 heteroatoms. The molecule has 1 fully saturated rings. The van der Waals surface area contributed by atoms with E-state index in [0.717, 1.165) is 29.7 Å². The molecule has 1 saturated carbocycles. The number of carbonyl (C=O) groups excluding carboxylic acids is 1. The molecule has 3 rings (SSSR count). The Morgan fingerprint density at radius 2 is 1.74 bits per heavy atom. The van der Waals surface area contributed by atoms with Crippen molar-refractivity contribution in [1.82, 2.24) is 0 Å². The second-order valence-corrected chi connectivity index (χ2v) is 5.92. The van der Waals surface area contributed by atoms with Gasteiger partial charge in [0.25, 0.3) is 0 Å². The number of amides is 1. The second-order valence-electron chi connectivity index (χ2n) is 5.92. The molecule has 120 valence electrons. The molecule has 0 aliphatic heterocycles. The fourth-order valence-corrected chi connectivity index (χ4v) is 2.86. The Morgan fingerprint density at radius 3 is 2.35 bits per heavy atom. The molecule has 0 aromatic heterocycles. The number of aryl methyl sites for hydroxylation is 1. The summed E-state index contributed by atoms with van der Waals surface area (Å²) in [5, 5.41) is 3.07. The van der Waals surface area contributed by atoms with E-state index in [1.165, 1.54) is 0 Å². The minimum Gasteiger partial charge on any atom is -0.493 e. The Morgan fingerprint density at radius 1 is 1.04 bits per heavy atom. The van der Waals surface area contributed by atoms with Crippen LogP contribution < -0.4 is 14.8 Å². The second kappa shape index (κ2) is 5.95. The number of anilines is 1. The van der Waals surface area contributed by atoms with Crippen LogP contribution in [0.25, 0.3) is 0 Å². The lowest BCUT2D eigenvalue weighted by atomic mass is 9.94. The molecular weight excluding hydrogens is 290 g/mol. The average molecular weight is 311 g/mol. The van der Waals surface area contributed by atoms with Gasteiger partial charge >= 0.3 is 0 Å². The highest BCUT2D eigenvalue weighted by Crippen LogP contribution is 2.50. The molecule has 1 aliphatic rings. The first-order valence-corrected chi connectivity index (χ1v) is 7.70. The summed E-state index contributed by atoms with van der Waals surface area (Å²) in [6, 6.07) is 13.5. The van der Waals surface area contributed by atoms with E-state index in [4.69, 9.17) is 9.47 Å². The predicted octanol–water partition coefficient (Wildman–Crippen LogP) is 3.68. The highest BCUT2D eigenvalue weighted by molar-refractivity contribution is 6.01. The van der Waals surface area contributed by atoms with E-state index in [1.807, 2.05) is 49.4 Å². The summed E-state index contributed by atoms with van der Waals surface area (Å²) in [5.41, 5.74) is 2.44. The topological polar surface area (TPSA) is 47.6 Å². The normalized spacial score (nSPS) is 14.9. The molecule has 0 bridgehead atoms. The molecule has 1 amide bonds. The number of benzene rings is 2. The molecule has 2 aromatic carbocycles. The lowest BCUT2D eigenvalue weighted by Crippen LogP contribution is -2.28. The number of carbonyl (C=O) groups is 1. The number of hydrogen-bond acceptors (Lipinski definition) is 3. The maximum absolute atomic E-state index is 12.8. The van der Waals surface area contributed by atoms with Crippen molar-refractivity contribution in [3.05, 3.63) is 53.6 Å². The van der Waals surface area contributed by atoms with Gasteiger partial charge < -0.3 is 14.8 Å². The van der Waals surface area contributed by atoms with Gasteiger partial charge in [-0.15, -0.1) is 0 Å². The third kappa shape index (κ3) is 2.77. The molecule has 0 unspecified atom stereocenters. The third-order valence-electron chi connectivity index (χ3n) is 4.51. The maximum Gasteiger partial charge on any atom is 0.235 e. The van der Waals surface area contributed by atoms with Gasteiger partial charge in [-0.25, -0.2) is 0 Å². The quantitative estimate of drug-likeness (QED) is 0.916. The van der Waals surface area contributed by atoms with Crippen LogP contribution in [0.2, 0.25) is 0 Å². The lowest BCUT2D eigenvalue weighted by molar-refractivity contribution is -0.118. The number of methoxy groups -OCH3 is 2. The summed E-state index contributed by atoms with van der Waals surface area (Å²) in [5.74, 6) is 1.37. The Balaban J connectivity index is 1.87. The predicted molar refractivity (Wildman–Crippen MR) is 90.3 cm³/mol. The van der Waals surface area contributed by atoms with Gasteiger partial charge in [-0.2, -0.15) is 0 Å². The summed E-state index contributed by atoms with van der Waals surface area (Å²) >= 11 is 0. The van der Waals surface area contributed by atoms with E-state index in [0.29, 0.717) is 11.5 Å². The Hall–Kier alpha value is -2.49. The smallest absolute Gasteiger partial charge is 0.235 e. The number of para-hydroxylation sites is 1. The monoisotopic (exact) mass is 311 g/mol. The van der Waals surface area contributed by atoms with Crippen LogP contribution in [-0.2, 0) is 10.2 Å². The third-order valence-corrected chi connectivity index (χ3v) is 4.51. The van der Waals surface area contributed by atoms with Gasteiger partial charge in [-0.1, -0.05) is 24.3 Å². The van der Waals surface area contributed by atoms with Crippen molar-refractivity contribution in [1.29, 1.82) is 0 Å². The van der Waals surface area contributed by atoms with Crippen molar-refractivity contribution in [2.75, 3.05) is 19.5 Å². The van der Waals surface area contributed by atoms with Crippen LogP contribution >= 0.6 is 0 Å². The summed E-state index contributed by atoms with van der Waals surface area (Å²) in [6.07, 6.45) is 1.69. The highest BCUT2D eigenvalue weighted by atomic mass is 16.5. The summed E-state index contributed by atoms with van der Waals surface area (Å²) in [7, 11) is 3.21. The van der Waals surface area contributed by atoms with Crippen LogP contribution in [0.5, 0.6) is 11.5 Å². The van der Waals surface area contributed by atoms with Gasteiger partial charge in [0.1, 0.15) is 0 Å². The van der Waals surface area contributed by atoms with Crippen molar-refractivity contribution in [2.24, 2.45) is 0 Å². The van der Waals surface area contributed by atoms with Crippen LogP contribution in [0.1, 0.15) is 24.0 Å². The van der Waals surface area contributed by atoms with E-state index in [9.17, 15) is 4.79 Å². The summed E-state index contributed by atoms with van der Waals surface area (Å²) < 4.78 is 10.6.